The second kappa shape index (κ2) is 9.11. The van der Waals surface area contributed by atoms with Crippen molar-refractivity contribution < 1.29 is 9.84 Å². The minimum Gasteiger partial charge on any atom is -0.508 e. The van der Waals surface area contributed by atoms with Crippen molar-refractivity contribution in [1.82, 2.24) is 4.90 Å². The largest absolute Gasteiger partial charge is 0.508 e. The molecule has 0 aliphatic carbocycles. The van der Waals surface area contributed by atoms with Crippen LogP contribution in [0.2, 0.25) is 0 Å². The Kier molecular flexibility index (Phi) is 6.13. The van der Waals surface area contributed by atoms with Gasteiger partial charge in [-0.3, -0.25) is 4.90 Å². The van der Waals surface area contributed by atoms with Gasteiger partial charge in [-0.2, -0.15) is 0 Å². The number of nitrogens with zero attached hydrogens (tertiary/aromatic N) is 1. The molecule has 3 nitrogen and oxygen atoms in total. The minimum absolute atomic E-state index is 0.358. The number of aromatic hydroxyl groups is 1. The zero-order valence-electron chi connectivity index (χ0n) is 16.4. The number of fused-ring (bicyclic) bond motifs is 1. The maximum atomic E-state index is 10.4. The van der Waals surface area contributed by atoms with Gasteiger partial charge in [0, 0.05) is 18.5 Å². The second-order valence-corrected chi connectivity index (χ2v) is 7.71. The maximum absolute atomic E-state index is 10.4. The van der Waals surface area contributed by atoms with Crippen molar-refractivity contribution in [2.45, 2.75) is 32.1 Å². The number of ether oxygens (including phenoxy) is 1. The molecule has 0 aromatic heterocycles. The number of phenols is 1. The van der Waals surface area contributed by atoms with Crippen LogP contribution in [0.5, 0.6) is 11.5 Å². The fourth-order valence-electron chi connectivity index (χ4n) is 4.07. The van der Waals surface area contributed by atoms with Crippen molar-refractivity contribution in [3.63, 3.8) is 0 Å². The molecule has 4 rings (SSSR count). The number of benzene rings is 3. The summed E-state index contributed by atoms with van der Waals surface area (Å²) in [5.41, 5.74) is 2.15. The molecule has 3 aromatic carbocycles. The summed E-state index contributed by atoms with van der Waals surface area (Å²) in [5, 5.41) is 12.6. The Hall–Kier alpha value is -2.52. The van der Waals surface area contributed by atoms with Gasteiger partial charge in [-0.1, -0.05) is 55.3 Å². The Bertz CT molecular complexity index is 896. The van der Waals surface area contributed by atoms with Crippen molar-refractivity contribution >= 4 is 10.8 Å². The first-order valence-corrected chi connectivity index (χ1v) is 10.4. The third kappa shape index (κ3) is 4.66. The van der Waals surface area contributed by atoms with Crippen LogP contribution < -0.4 is 4.74 Å². The summed E-state index contributed by atoms with van der Waals surface area (Å²) < 4.78 is 5.96. The lowest BCUT2D eigenvalue weighted by Crippen LogP contribution is -2.29. The molecule has 28 heavy (non-hydrogen) atoms. The monoisotopic (exact) mass is 375 g/mol. The number of hydrogen-bond donors (Lipinski definition) is 1. The minimum atomic E-state index is 0.358. The van der Waals surface area contributed by atoms with Crippen LogP contribution in [0.1, 0.15) is 36.8 Å². The highest BCUT2D eigenvalue weighted by molar-refractivity contribution is 5.88. The average molecular weight is 376 g/mol. The molecule has 146 valence electrons. The van der Waals surface area contributed by atoms with Crippen LogP contribution in [0.15, 0.2) is 60.7 Å². The highest BCUT2D eigenvalue weighted by atomic mass is 16.5. The second-order valence-electron chi connectivity index (χ2n) is 7.71. The van der Waals surface area contributed by atoms with E-state index < -0.39 is 0 Å². The molecule has 3 aromatic rings. The van der Waals surface area contributed by atoms with E-state index in [0.717, 1.165) is 35.2 Å². The number of phenolic OH excluding ortho intramolecular Hbond substituents is 1. The lowest BCUT2D eigenvalue weighted by molar-refractivity contribution is 0.214. The molecule has 0 saturated carbocycles. The first kappa shape index (κ1) is 18.8. The Morgan fingerprint density at radius 1 is 0.821 bits per heavy atom. The Morgan fingerprint density at radius 2 is 1.57 bits per heavy atom. The average Bonchev–Trinajstić information content (AvgIpc) is 3.00. The third-order valence-corrected chi connectivity index (χ3v) is 5.70. The maximum Gasteiger partial charge on any atom is 0.119 e. The summed E-state index contributed by atoms with van der Waals surface area (Å²) in [7, 11) is 0. The standard InChI is InChI=1S/C25H29NO2/c27-25-14-11-21-7-3-4-8-23(21)24(25)19-20-9-12-22(13-10-20)28-18-17-26-15-5-1-2-6-16-26/h3-4,7-14,27H,1-2,5-6,15-19H2. The van der Waals surface area contributed by atoms with Crippen LogP contribution in [-0.4, -0.2) is 36.2 Å². The summed E-state index contributed by atoms with van der Waals surface area (Å²) in [6.07, 6.45) is 6.07. The van der Waals surface area contributed by atoms with Gasteiger partial charge in [0.15, 0.2) is 0 Å². The molecule has 0 amide bonds. The van der Waals surface area contributed by atoms with Crippen molar-refractivity contribution in [2.24, 2.45) is 0 Å². The van der Waals surface area contributed by atoms with E-state index in [1.54, 1.807) is 6.07 Å². The zero-order valence-corrected chi connectivity index (χ0v) is 16.4. The van der Waals surface area contributed by atoms with Crippen LogP contribution in [0.3, 0.4) is 0 Å². The van der Waals surface area contributed by atoms with Crippen molar-refractivity contribution in [2.75, 3.05) is 26.2 Å². The van der Waals surface area contributed by atoms with Crippen molar-refractivity contribution in [3.8, 4) is 11.5 Å². The number of likely N-dealkylation sites (tertiary alicyclic amines) is 1. The quantitative estimate of drug-likeness (QED) is 0.627. The normalized spacial score (nSPS) is 15.4. The van der Waals surface area contributed by atoms with Gasteiger partial charge in [0.25, 0.3) is 0 Å². The Balaban J connectivity index is 1.37. The van der Waals surface area contributed by atoms with E-state index in [4.69, 9.17) is 4.74 Å². The topological polar surface area (TPSA) is 32.7 Å². The van der Waals surface area contributed by atoms with E-state index in [-0.39, 0.29) is 0 Å². The van der Waals surface area contributed by atoms with Gasteiger partial charge in [0.1, 0.15) is 18.1 Å². The van der Waals surface area contributed by atoms with E-state index in [0.29, 0.717) is 12.2 Å². The predicted octanol–water partition coefficient (Wildman–Crippen LogP) is 5.39. The van der Waals surface area contributed by atoms with Gasteiger partial charge < -0.3 is 9.84 Å². The molecule has 0 bridgehead atoms. The van der Waals surface area contributed by atoms with E-state index in [9.17, 15) is 5.11 Å². The molecule has 1 aliphatic heterocycles. The molecule has 1 fully saturated rings. The van der Waals surface area contributed by atoms with Gasteiger partial charge >= 0.3 is 0 Å². The SMILES string of the molecule is Oc1ccc2ccccc2c1Cc1ccc(OCCN2CCCCCC2)cc1. The van der Waals surface area contributed by atoms with Gasteiger partial charge in [-0.05, 0) is 60.5 Å². The Labute approximate surface area is 167 Å². The van der Waals surface area contributed by atoms with E-state index in [1.807, 2.05) is 30.3 Å². The molecule has 3 heteroatoms. The third-order valence-electron chi connectivity index (χ3n) is 5.70. The smallest absolute Gasteiger partial charge is 0.119 e. The molecule has 0 unspecified atom stereocenters. The molecule has 1 saturated heterocycles. The van der Waals surface area contributed by atoms with Gasteiger partial charge in [-0.15, -0.1) is 0 Å². The van der Waals surface area contributed by atoms with Crippen molar-refractivity contribution in [1.29, 1.82) is 0 Å². The summed E-state index contributed by atoms with van der Waals surface area (Å²) in [6.45, 7) is 4.16. The summed E-state index contributed by atoms with van der Waals surface area (Å²) in [4.78, 5) is 2.52. The lowest BCUT2D eigenvalue weighted by Gasteiger charge is -2.19. The molecular weight excluding hydrogens is 346 g/mol. The van der Waals surface area contributed by atoms with Crippen LogP contribution >= 0.6 is 0 Å². The molecule has 0 spiro atoms. The summed E-state index contributed by atoms with van der Waals surface area (Å²) >= 11 is 0. The molecule has 1 aliphatic rings. The fourth-order valence-corrected chi connectivity index (χ4v) is 4.07. The fraction of sp³-hybridized carbons (Fsp3) is 0.360. The zero-order chi connectivity index (χ0) is 19.2. The summed E-state index contributed by atoms with van der Waals surface area (Å²) in [5.74, 6) is 1.28. The summed E-state index contributed by atoms with van der Waals surface area (Å²) in [6, 6.07) is 20.2. The number of hydrogen-bond acceptors (Lipinski definition) is 3. The first-order chi connectivity index (χ1) is 13.8. The molecule has 0 radical (unpaired) electrons. The van der Waals surface area contributed by atoms with Gasteiger partial charge in [0.05, 0.1) is 0 Å². The number of rotatable bonds is 6. The highest BCUT2D eigenvalue weighted by Crippen LogP contribution is 2.29. The molecule has 0 atom stereocenters. The Morgan fingerprint density at radius 3 is 2.36 bits per heavy atom. The van der Waals surface area contributed by atoms with Gasteiger partial charge in [0.2, 0.25) is 0 Å². The van der Waals surface area contributed by atoms with Crippen LogP contribution in [0.25, 0.3) is 10.8 Å². The lowest BCUT2D eigenvalue weighted by atomic mass is 9.97. The van der Waals surface area contributed by atoms with E-state index in [1.165, 1.54) is 44.3 Å². The molecular formula is C25H29NO2. The highest BCUT2D eigenvalue weighted by Gasteiger charge is 2.10. The van der Waals surface area contributed by atoms with Crippen LogP contribution in [0, 0.1) is 0 Å². The van der Waals surface area contributed by atoms with Crippen LogP contribution in [-0.2, 0) is 6.42 Å². The van der Waals surface area contributed by atoms with Crippen molar-refractivity contribution in [3.05, 3.63) is 71.8 Å². The predicted molar refractivity (Wildman–Crippen MR) is 115 cm³/mol. The molecule has 1 heterocycles. The van der Waals surface area contributed by atoms with E-state index >= 15 is 0 Å². The van der Waals surface area contributed by atoms with Crippen LogP contribution in [0.4, 0.5) is 0 Å². The molecule has 1 N–H and O–H groups in total. The van der Waals surface area contributed by atoms with E-state index in [2.05, 4.69) is 29.2 Å². The first-order valence-electron chi connectivity index (χ1n) is 10.4. The van der Waals surface area contributed by atoms with Gasteiger partial charge in [-0.25, -0.2) is 0 Å².